The first-order valence-electron chi connectivity index (χ1n) is 7.19. The Morgan fingerprint density at radius 1 is 0.909 bits per heavy atom. The summed E-state index contributed by atoms with van der Waals surface area (Å²) in [7, 11) is 0. The van der Waals surface area contributed by atoms with Gasteiger partial charge in [-0.25, -0.2) is 0 Å². The van der Waals surface area contributed by atoms with Crippen molar-refractivity contribution in [3.05, 3.63) is 70.8 Å². The minimum absolute atomic E-state index is 0.224. The quantitative estimate of drug-likeness (QED) is 0.643. The first-order valence-corrected chi connectivity index (χ1v) is 7.19. The molecule has 3 rings (SSSR count). The maximum Gasteiger partial charge on any atom is 0.261 e. The van der Waals surface area contributed by atoms with Crippen molar-refractivity contribution in [2.24, 2.45) is 0 Å². The van der Waals surface area contributed by atoms with Crippen LogP contribution in [0.5, 0.6) is 0 Å². The topological polar surface area (TPSA) is 54.5 Å². The van der Waals surface area contributed by atoms with Gasteiger partial charge in [-0.3, -0.25) is 19.3 Å². The first kappa shape index (κ1) is 14.2. The zero-order valence-corrected chi connectivity index (χ0v) is 12.2. The number of hydrogen-bond acceptors (Lipinski definition) is 3. The molecule has 4 heteroatoms. The Kier molecular flexibility index (Phi) is 3.59. The zero-order valence-electron chi connectivity index (χ0n) is 12.2. The van der Waals surface area contributed by atoms with Gasteiger partial charge in [0.25, 0.3) is 11.8 Å². The van der Waals surface area contributed by atoms with E-state index in [0.717, 1.165) is 16.9 Å². The number of benzene rings is 2. The summed E-state index contributed by atoms with van der Waals surface area (Å²) in [6.07, 6.45) is 0.896. The lowest BCUT2D eigenvalue weighted by Gasteiger charge is -2.12. The van der Waals surface area contributed by atoms with E-state index >= 15 is 0 Å². The summed E-state index contributed by atoms with van der Waals surface area (Å²) >= 11 is 0. The fourth-order valence-electron chi connectivity index (χ4n) is 2.54. The number of aryl methyl sites for hydroxylation is 1. The lowest BCUT2D eigenvalue weighted by atomic mass is 10.1. The third-order valence-electron chi connectivity index (χ3n) is 3.86. The van der Waals surface area contributed by atoms with Gasteiger partial charge >= 0.3 is 0 Å². The van der Waals surface area contributed by atoms with Crippen LogP contribution in [0.25, 0.3) is 0 Å². The smallest absolute Gasteiger partial charge is 0.261 e. The summed E-state index contributed by atoms with van der Waals surface area (Å²) < 4.78 is 0. The molecule has 0 unspecified atom stereocenters. The van der Waals surface area contributed by atoms with E-state index in [1.54, 1.807) is 36.4 Å². The highest BCUT2D eigenvalue weighted by molar-refractivity contribution is 6.23. The van der Waals surface area contributed by atoms with Gasteiger partial charge in [-0.05, 0) is 24.1 Å². The number of fused-ring (bicyclic) bond motifs is 1. The van der Waals surface area contributed by atoms with Crippen molar-refractivity contribution in [3.8, 4) is 0 Å². The highest BCUT2D eigenvalue weighted by Gasteiger charge is 2.36. The molecule has 0 radical (unpaired) electrons. The van der Waals surface area contributed by atoms with E-state index in [1.165, 1.54) is 0 Å². The Morgan fingerprint density at radius 3 is 1.95 bits per heavy atom. The van der Waals surface area contributed by atoms with Crippen LogP contribution in [-0.2, 0) is 6.42 Å². The van der Waals surface area contributed by atoms with Crippen LogP contribution in [0.3, 0.4) is 0 Å². The normalized spacial score (nSPS) is 13.4. The van der Waals surface area contributed by atoms with Crippen molar-refractivity contribution < 1.29 is 14.4 Å². The van der Waals surface area contributed by atoms with Crippen molar-refractivity contribution in [1.82, 2.24) is 4.90 Å². The monoisotopic (exact) mass is 293 g/mol. The Bertz CT molecular complexity index is 727. The molecule has 0 atom stereocenters. The third-order valence-corrected chi connectivity index (χ3v) is 3.86. The molecule has 1 aliphatic rings. The molecule has 1 heterocycles. The van der Waals surface area contributed by atoms with Crippen molar-refractivity contribution in [3.63, 3.8) is 0 Å². The molecule has 2 amide bonds. The van der Waals surface area contributed by atoms with Crippen molar-refractivity contribution >= 4 is 17.6 Å². The Labute approximate surface area is 128 Å². The van der Waals surface area contributed by atoms with Crippen LogP contribution in [0.2, 0.25) is 0 Å². The first-order chi connectivity index (χ1) is 10.6. The third kappa shape index (κ3) is 2.33. The largest absolute Gasteiger partial charge is 0.292 e. The number of Topliss-reactive ketones (excluding diaryl/α,β-unsaturated/α-hetero) is 1. The molecular weight excluding hydrogens is 278 g/mol. The van der Waals surface area contributed by atoms with Crippen LogP contribution in [-0.4, -0.2) is 29.0 Å². The molecule has 2 aromatic rings. The zero-order chi connectivity index (χ0) is 15.7. The molecule has 0 spiro atoms. The molecule has 110 valence electrons. The minimum Gasteiger partial charge on any atom is -0.292 e. The summed E-state index contributed by atoms with van der Waals surface area (Å²) in [6, 6.07) is 13.9. The fourth-order valence-corrected chi connectivity index (χ4v) is 2.54. The van der Waals surface area contributed by atoms with E-state index in [0.29, 0.717) is 16.7 Å². The number of hydrogen-bond donors (Lipinski definition) is 0. The minimum atomic E-state index is -0.404. The summed E-state index contributed by atoms with van der Waals surface area (Å²) in [5.41, 5.74) is 2.37. The van der Waals surface area contributed by atoms with E-state index in [-0.39, 0.29) is 12.3 Å². The van der Waals surface area contributed by atoms with Gasteiger partial charge in [0, 0.05) is 5.56 Å². The predicted molar refractivity (Wildman–Crippen MR) is 82.0 cm³/mol. The van der Waals surface area contributed by atoms with Gasteiger partial charge in [-0.2, -0.15) is 0 Å². The second kappa shape index (κ2) is 5.56. The SMILES string of the molecule is CCc1ccc(C(=O)CN2C(=O)c3ccccc3C2=O)cc1. The van der Waals surface area contributed by atoms with Crippen molar-refractivity contribution in [2.75, 3.05) is 6.54 Å². The highest BCUT2D eigenvalue weighted by Crippen LogP contribution is 2.22. The van der Waals surface area contributed by atoms with Crippen LogP contribution in [0.15, 0.2) is 48.5 Å². The molecule has 2 aromatic carbocycles. The van der Waals surface area contributed by atoms with E-state index < -0.39 is 11.8 Å². The number of ketones is 1. The van der Waals surface area contributed by atoms with Crippen LogP contribution in [0.4, 0.5) is 0 Å². The molecule has 0 saturated carbocycles. The summed E-state index contributed by atoms with van der Waals surface area (Å²) in [5.74, 6) is -1.05. The number of amides is 2. The van der Waals surface area contributed by atoms with Crippen LogP contribution in [0, 0.1) is 0 Å². The number of carbonyl (C=O) groups is 3. The van der Waals surface area contributed by atoms with Gasteiger partial charge < -0.3 is 0 Å². The van der Waals surface area contributed by atoms with Crippen LogP contribution >= 0.6 is 0 Å². The maximum absolute atomic E-state index is 12.3. The summed E-state index contributed by atoms with van der Waals surface area (Å²) in [6.45, 7) is 1.81. The van der Waals surface area contributed by atoms with Gasteiger partial charge in [0.15, 0.2) is 5.78 Å². The second-order valence-electron chi connectivity index (χ2n) is 5.22. The van der Waals surface area contributed by atoms with E-state index in [4.69, 9.17) is 0 Å². The van der Waals surface area contributed by atoms with Gasteiger partial charge in [0.1, 0.15) is 0 Å². The molecule has 0 saturated heterocycles. The summed E-state index contributed by atoms with van der Waals surface area (Å²) in [4.78, 5) is 37.8. The van der Waals surface area contributed by atoms with E-state index in [1.807, 2.05) is 19.1 Å². The van der Waals surface area contributed by atoms with E-state index in [2.05, 4.69) is 0 Å². The Balaban J connectivity index is 1.80. The molecule has 22 heavy (non-hydrogen) atoms. The standard InChI is InChI=1S/C18H15NO3/c1-2-12-7-9-13(10-8-12)16(20)11-19-17(21)14-5-3-4-6-15(14)18(19)22/h3-10H,2,11H2,1H3. The van der Waals surface area contributed by atoms with Gasteiger partial charge in [-0.1, -0.05) is 43.3 Å². The molecule has 0 bridgehead atoms. The molecule has 4 nitrogen and oxygen atoms in total. The number of nitrogens with zero attached hydrogens (tertiary/aromatic N) is 1. The van der Waals surface area contributed by atoms with Gasteiger partial charge in [0.2, 0.25) is 0 Å². The molecular formula is C18H15NO3. The molecule has 0 aromatic heterocycles. The molecule has 0 N–H and O–H groups in total. The Hall–Kier alpha value is -2.75. The van der Waals surface area contributed by atoms with Crippen molar-refractivity contribution in [1.29, 1.82) is 0 Å². The summed E-state index contributed by atoms with van der Waals surface area (Å²) in [5, 5.41) is 0. The van der Waals surface area contributed by atoms with E-state index in [9.17, 15) is 14.4 Å². The average molecular weight is 293 g/mol. The van der Waals surface area contributed by atoms with Gasteiger partial charge in [0.05, 0.1) is 17.7 Å². The number of imide groups is 1. The molecule has 0 aliphatic carbocycles. The van der Waals surface area contributed by atoms with Gasteiger partial charge in [-0.15, -0.1) is 0 Å². The van der Waals surface area contributed by atoms with Crippen LogP contribution < -0.4 is 0 Å². The highest BCUT2D eigenvalue weighted by atomic mass is 16.2. The van der Waals surface area contributed by atoms with Crippen molar-refractivity contribution in [2.45, 2.75) is 13.3 Å². The second-order valence-corrected chi connectivity index (χ2v) is 5.22. The van der Waals surface area contributed by atoms with Crippen LogP contribution in [0.1, 0.15) is 43.6 Å². The predicted octanol–water partition coefficient (Wildman–Crippen LogP) is 2.73. The lowest BCUT2D eigenvalue weighted by molar-refractivity contribution is 0.0624. The lowest BCUT2D eigenvalue weighted by Crippen LogP contribution is -2.34. The average Bonchev–Trinajstić information content (AvgIpc) is 2.80. The molecule has 1 aliphatic heterocycles. The fraction of sp³-hybridized carbons (Fsp3) is 0.167. The molecule has 0 fully saturated rings. The maximum atomic E-state index is 12.3. The number of rotatable bonds is 4. The number of carbonyl (C=O) groups excluding carboxylic acids is 3. The Morgan fingerprint density at radius 2 is 1.45 bits per heavy atom.